The number of anilines is 2. The van der Waals surface area contributed by atoms with Crippen molar-refractivity contribution in [3.8, 4) is 22.5 Å². The van der Waals surface area contributed by atoms with Crippen molar-refractivity contribution in [2.45, 2.75) is 40.4 Å². The van der Waals surface area contributed by atoms with E-state index < -0.39 is 54.0 Å². The minimum atomic E-state index is -4.67. The van der Waals surface area contributed by atoms with Crippen molar-refractivity contribution < 1.29 is 58.0 Å². The zero-order valence-corrected chi connectivity index (χ0v) is 36.0. The Morgan fingerprint density at radius 1 is 0.794 bits per heavy atom. The lowest BCUT2D eigenvalue weighted by Gasteiger charge is -2.31. The van der Waals surface area contributed by atoms with E-state index in [9.17, 15) is 48.7 Å². The molecule has 0 aromatic heterocycles. The van der Waals surface area contributed by atoms with E-state index in [2.05, 4.69) is 0 Å². The van der Waals surface area contributed by atoms with Crippen molar-refractivity contribution in [2.75, 3.05) is 32.1 Å². The van der Waals surface area contributed by atoms with Gasteiger partial charge in [-0.25, -0.2) is 21.6 Å². The number of imide groups is 1. The van der Waals surface area contributed by atoms with Crippen LogP contribution >= 0.6 is 0 Å². The van der Waals surface area contributed by atoms with Gasteiger partial charge < -0.3 is 18.7 Å². The fourth-order valence-corrected chi connectivity index (χ4v) is 10.4. The summed E-state index contributed by atoms with van der Waals surface area (Å²) in [6.45, 7) is -0.0788. The number of carbonyl (C=O) groups excluding carboxylic acids is 3. The maximum atomic E-state index is 14.6. The second kappa shape index (κ2) is 16.4. The van der Waals surface area contributed by atoms with Gasteiger partial charge in [0.05, 0.1) is 26.7 Å². The van der Waals surface area contributed by atoms with Gasteiger partial charge in [0.1, 0.15) is 28.5 Å². The highest BCUT2D eigenvalue weighted by Crippen LogP contribution is 2.44. The molecule has 20 heteroatoms. The van der Waals surface area contributed by atoms with Gasteiger partial charge in [0.15, 0.2) is 0 Å². The second-order valence-corrected chi connectivity index (χ2v) is 19.7. The van der Waals surface area contributed by atoms with Crippen LogP contribution < -0.4 is 14.8 Å². The summed E-state index contributed by atoms with van der Waals surface area (Å²) in [4.78, 5) is 43.2. The molecule has 3 heterocycles. The van der Waals surface area contributed by atoms with Crippen molar-refractivity contribution in [3.05, 3.63) is 115 Å². The molecule has 4 aromatic carbocycles. The Balaban J connectivity index is 1.21. The minimum absolute atomic E-state index is 0.0113. The lowest BCUT2D eigenvalue weighted by molar-refractivity contribution is -0.201. The van der Waals surface area contributed by atoms with Gasteiger partial charge in [-0.05, 0) is 73.5 Å². The van der Waals surface area contributed by atoms with Gasteiger partial charge in [-0.2, -0.15) is 17.3 Å². The van der Waals surface area contributed by atoms with Gasteiger partial charge >= 0.3 is 5.97 Å². The molecule has 3 aliphatic heterocycles. The molecule has 0 atom stereocenters. The van der Waals surface area contributed by atoms with E-state index in [-0.39, 0.29) is 53.5 Å². The summed E-state index contributed by atoms with van der Waals surface area (Å²) in [5.74, 6) is -2.38. The van der Waals surface area contributed by atoms with Crippen LogP contribution in [0.3, 0.4) is 0 Å². The average molecular weight is 915 g/mol. The zero-order chi connectivity index (χ0) is 45.0. The van der Waals surface area contributed by atoms with Crippen LogP contribution in [0, 0.1) is 5.92 Å². The minimum Gasteiger partial charge on any atom is -0.744 e. The van der Waals surface area contributed by atoms with E-state index in [4.69, 9.17) is 9.25 Å². The van der Waals surface area contributed by atoms with E-state index in [0.29, 0.717) is 60.9 Å². The highest BCUT2D eigenvalue weighted by Gasteiger charge is 2.38. The third-order valence-electron chi connectivity index (χ3n) is 11.2. The summed E-state index contributed by atoms with van der Waals surface area (Å²) in [7, 11) is -9.83. The molecule has 2 saturated heterocycles. The molecule has 0 spiro atoms. The van der Waals surface area contributed by atoms with Crippen LogP contribution in [-0.2, 0) is 49.5 Å². The molecule has 2 fully saturated rings. The van der Waals surface area contributed by atoms with E-state index in [1.54, 1.807) is 78.2 Å². The maximum Gasteiger partial charge on any atom is 0.336 e. The Hall–Kier alpha value is -6.29. The summed E-state index contributed by atoms with van der Waals surface area (Å²) >= 11 is 0. The normalized spacial score (nSPS) is 16.2. The fourth-order valence-electron chi connectivity index (χ4n) is 7.74. The van der Waals surface area contributed by atoms with Gasteiger partial charge in [-0.15, -0.1) is 5.06 Å². The van der Waals surface area contributed by atoms with Crippen LogP contribution in [0.1, 0.15) is 25.7 Å². The monoisotopic (exact) mass is 914 g/mol. The molecule has 1 aliphatic carbocycles. The first-order chi connectivity index (χ1) is 29.8. The molecule has 8 rings (SSSR count). The van der Waals surface area contributed by atoms with Gasteiger partial charge in [0.25, 0.3) is 21.9 Å². The molecule has 0 bridgehead atoms. The first-order valence-electron chi connectivity index (χ1n) is 19.4. The third kappa shape index (κ3) is 8.47. The lowest BCUT2D eigenvalue weighted by Crippen LogP contribution is -2.42. The number of carbonyl (C=O) groups is 3. The highest BCUT2D eigenvalue weighted by molar-refractivity contribution is 7.89. The Bertz CT molecular complexity index is 3200. The first kappa shape index (κ1) is 43.4. The number of hydrogen-bond acceptors (Lipinski definition) is 13. The van der Waals surface area contributed by atoms with Crippen LogP contribution in [-0.4, -0.2) is 88.7 Å². The van der Waals surface area contributed by atoms with Crippen LogP contribution in [0.4, 0.5) is 17.1 Å². The SMILES string of the molecule is CN(c1ccc(S(=O)(=O)[O-])cc1)c1ccc2c(-c3ccccc3S(=O)(=O)N3CCC(C(=O)ON4C(=O)CCC4=O)CC3)c3ccc(=[N+](C)c4ccc(S(=O)(=O)O)cc4)cc-3oc2c1. The number of hydrogen-bond donors (Lipinski definition) is 1. The quantitative estimate of drug-likeness (QED) is 0.0837. The predicted molar refractivity (Wildman–Crippen MR) is 227 cm³/mol. The van der Waals surface area contributed by atoms with Crippen molar-refractivity contribution in [3.63, 3.8) is 0 Å². The van der Waals surface area contributed by atoms with E-state index in [1.807, 2.05) is 0 Å². The first-order valence-corrected chi connectivity index (χ1v) is 23.7. The molecule has 0 unspecified atom stereocenters. The topological polar surface area (TPSA) is 232 Å². The number of benzene rings is 5. The van der Waals surface area contributed by atoms with Crippen LogP contribution in [0.2, 0.25) is 0 Å². The van der Waals surface area contributed by atoms with Crippen molar-refractivity contribution in [1.82, 2.24) is 13.9 Å². The largest absolute Gasteiger partial charge is 0.744 e. The molecule has 1 N–H and O–H groups in total. The molecule has 17 nitrogen and oxygen atoms in total. The van der Waals surface area contributed by atoms with Crippen molar-refractivity contribution in [2.24, 2.45) is 5.92 Å². The number of nitrogens with zero attached hydrogens (tertiary/aromatic N) is 4. The Morgan fingerprint density at radius 2 is 1.41 bits per heavy atom. The molecular formula is C43H38N4O13S3. The number of piperidine rings is 1. The van der Waals surface area contributed by atoms with E-state index in [1.165, 1.54) is 58.9 Å². The summed E-state index contributed by atoms with van der Waals surface area (Å²) in [5.41, 5.74) is 3.50. The molecular weight excluding hydrogens is 877 g/mol. The molecule has 4 aromatic rings. The summed E-state index contributed by atoms with van der Waals surface area (Å²) in [6, 6.07) is 28.2. The van der Waals surface area contributed by atoms with Crippen molar-refractivity contribution >= 4 is 76.1 Å². The molecule has 2 amide bonds. The average Bonchev–Trinajstić information content (AvgIpc) is 3.59. The van der Waals surface area contributed by atoms with Gasteiger partial charge in [-0.1, -0.05) is 18.2 Å². The second-order valence-electron chi connectivity index (χ2n) is 15.0. The maximum absolute atomic E-state index is 14.6. The fraction of sp³-hybridized carbons (Fsp3) is 0.209. The van der Waals surface area contributed by atoms with E-state index >= 15 is 0 Å². The molecule has 63 heavy (non-hydrogen) atoms. The predicted octanol–water partition coefficient (Wildman–Crippen LogP) is 4.86. The number of hydroxylamine groups is 2. The zero-order valence-electron chi connectivity index (χ0n) is 33.6. The Labute approximate surface area is 361 Å². The number of rotatable bonds is 10. The number of amides is 2. The Kier molecular flexibility index (Phi) is 11.3. The number of sulfonamides is 1. The summed E-state index contributed by atoms with van der Waals surface area (Å²) in [6.07, 6.45) is 0.0770. The molecule has 0 radical (unpaired) electrons. The standard InChI is InChI=1S/C43H38N4O13S3/c1-44(28-7-13-32(14-8-28)62(53,54)55)30-11-17-34-37(25-30)59-38-26-31(45(2)29-9-15-33(16-10-29)63(56,57)58)12-18-35(38)42(34)36-5-3-4-6-39(36)61(51,52)46-23-21-27(22-24-46)43(50)60-47-40(48)19-20-41(47)49/h3-18,25-27H,19-24H2,1-2H3,(H-,53,54,55,56,57,58). The van der Waals surface area contributed by atoms with Gasteiger partial charge in [-0.3, -0.25) is 14.1 Å². The third-order valence-corrected chi connectivity index (χ3v) is 14.9. The van der Waals surface area contributed by atoms with Crippen LogP contribution in [0.25, 0.3) is 33.4 Å². The van der Waals surface area contributed by atoms with Gasteiger partial charge in [0.2, 0.25) is 21.1 Å². The number of fused-ring (bicyclic) bond motifs is 2. The summed E-state index contributed by atoms with van der Waals surface area (Å²) < 4.78 is 106. The molecule has 326 valence electrons. The molecule has 0 saturated carbocycles. The van der Waals surface area contributed by atoms with Crippen molar-refractivity contribution in [1.29, 1.82) is 0 Å². The molecule has 4 aliphatic rings. The van der Waals surface area contributed by atoms with Crippen LogP contribution in [0.15, 0.2) is 128 Å². The Morgan fingerprint density at radius 3 is 2.05 bits per heavy atom. The van der Waals surface area contributed by atoms with E-state index in [0.717, 1.165) is 0 Å². The smallest absolute Gasteiger partial charge is 0.336 e. The lowest BCUT2D eigenvalue weighted by atomic mass is 9.93. The summed E-state index contributed by atoms with van der Waals surface area (Å²) in [5, 5.41) is 1.64. The van der Waals surface area contributed by atoms with Crippen LogP contribution in [0.5, 0.6) is 0 Å². The van der Waals surface area contributed by atoms with Gasteiger partial charge in [0, 0.05) is 90.7 Å². The highest BCUT2D eigenvalue weighted by atomic mass is 32.2.